The normalized spacial score (nSPS) is 10.5. The molecule has 0 spiro atoms. The van der Waals surface area contributed by atoms with Crippen LogP contribution < -0.4 is 0 Å². The number of rotatable bonds is 4. The van der Waals surface area contributed by atoms with Gasteiger partial charge in [-0.25, -0.2) is 4.79 Å². The first-order chi connectivity index (χ1) is 6.13. The van der Waals surface area contributed by atoms with E-state index in [9.17, 15) is 9.59 Å². The highest BCUT2D eigenvalue weighted by atomic mass is 16.5. The van der Waals surface area contributed by atoms with Crippen molar-refractivity contribution in [2.24, 2.45) is 0 Å². The van der Waals surface area contributed by atoms with Crippen molar-refractivity contribution in [3.63, 3.8) is 0 Å². The van der Waals surface area contributed by atoms with Crippen LogP contribution in [-0.2, 0) is 23.8 Å². The molecule has 0 bridgehead atoms. The zero-order valence-corrected chi connectivity index (χ0v) is 7.83. The lowest BCUT2D eigenvalue weighted by atomic mass is 10.3. The number of carbonyl (C=O) groups is 2. The molecule has 74 valence electrons. The largest absolute Gasteiger partial charge is 0.500 e. The molecule has 0 aromatic rings. The van der Waals surface area contributed by atoms with Crippen molar-refractivity contribution in [2.45, 2.75) is 6.42 Å². The molecule has 0 aromatic carbocycles. The van der Waals surface area contributed by atoms with Gasteiger partial charge in [0.05, 0.1) is 27.4 Å². The molecule has 0 amide bonds. The van der Waals surface area contributed by atoms with Gasteiger partial charge >= 0.3 is 11.9 Å². The number of methoxy groups -OCH3 is 3. The van der Waals surface area contributed by atoms with E-state index in [0.29, 0.717) is 0 Å². The Morgan fingerprint density at radius 3 is 2.08 bits per heavy atom. The minimum atomic E-state index is -0.569. The molecule has 0 heterocycles. The number of hydrogen-bond donors (Lipinski definition) is 0. The fourth-order valence-corrected chi connectivity index (χ4v) is 0.587. The van der Waals surface area contributed by atoms with Crippen LogP contribution in [0.5, 0.6) is 0 Å². The zero-order valence-electron chi connectivity index (χ0n) is 7.83. The average molecular weight is 188 g/mol. The minimum absolute atomic E-state index is 0.0813. The zero-order chi connectivity index (χ0) is 10.3. The van der Waals surface area contributed by atoms with Gasteiger partial charge < -0.3 is 14.2 Å². The molecule has 13 heavy (non-hydrogen) atoms. The summed E-state index contributed by atoms with van der Waals surface area (Å²) in [5, 5.41) is 0. The highest BCUT2D eigenvalue weighted by molar-refractivity contribution is 5.83. The van der Waals surface area contributed by atoms with Crippen molar-refractivity contribution in [3.8, 4) is 0 Å². The molecule has 0 fully saturated rings. The van der Waals surface area contributed by atoms with Gasteiger partial charge in [0.25, 0.3) is 0 Å². The summed E-state index contributed by atoms with van der Waals surface area (Å²) < 4.78 is 13.5. The van der Waals surface area contributed by atoms with Gasteiger partial charge in [0, 0.05) is 0 Å². The van der Waals surface area contributed by atoms with Crippen LogP contribution in [0, 0.1) is 0 Å². The van der Waals surface area contributed by atoms with Gasteiger partial charge in [-0.2, -0.15) is 0 Å². The summed E-state index contributed by atoms with van der Waals surface area (Å²) in [6.07, 6.45) is 1.01. The summed E-state index contributed by atoms with van der Waals surface area (Å²) in [5.74, 6) is -0.837. The smallest absolute Gasteiger partial charge is 0.333 e. The van der Waals surface area contributed by atoms with Crippen molar-refractivity contribution < 1.29 is 23.8 Å². The quantitative estimate of drug-likeness (QED) is 0.359. The van der Waals surface area contributed by atoms with Crippen LogP contribution in [0.15, 0.2) is 11.8 Å². The van der Waals surface area contributed by atoms with Crippen LogP contribution in [0.2, 0.25) is 0 Å². The first kappa shape index (κ1) is 11.5. The number of carbonyl (C=O) groups excluding carboxylic acids is 2. The van der Waals surface area contributed by atoms with Gasteiger partial charge in [-0.05, 0) is 0 Å². The summed E-state index contributed by atoms with van der Waals surface area (Å²) in [5.41, 5.74) is 0. The molecule has 0 N–H and O–H groups in total. The average Bonchev–Trinajstić information content (AvgIpc) is 2.16. The molecule has 0 aromatic heterocycles. The van der Waals surface area contributed by atoms with E-state index in [1.807, 2.05) is 0 Å². The molecule has 0 unspecified atom stereocenters. The standard InChI is InChI=1S/C8H12O5/c1-11-6(4-7(9)12-2)5-8(10)13-3/h4H,5H2,1-3H3. The van der Waals surface area contributed by atoms with Crippen molar-refractivity contribution >= 4 is 11.9 Å². The Balaban J connectivity index is 4.25. The first-order valence-electron chi connectivity index (χ1n) is 3.53. The number of esters is 2. The Hall–Kier alpha value is -1.52. The van der Waals surface area contributed by atoms with Crippen molar-refractivity contribution in [1.29, 1.82) is 0 Å². The molecular formula is C8H12O5. The highest BCUT2D eigenvalue weighted by Crippen LogP contribution is 2.03. The molecule has 0 aliphatic rings. The summed E-state index contributed by atoms with van der Waals surface area (Å²) >= 11 is 0. The van der Waals surface area contributed by atoms with Crippen LogP contribution in [0.1, 0.15) is 6.42 Å². The maximum atomic E-state index is 10.8. The van der Waals surface area contributed by atoms with Gasteiger partial charge in [-0.15, -0.1) is 0 Å². The van der Waals surface area contributed by atoms with E-state index in [-0.39, 0.29) is 12.2 Å². The molecular weight excluding hydrogens is 176 g/mol. The molecule has 0 aliphatic heterocycles. The van der Waals surface area contributed by atoms with E-state index >= 15 is 0 Å². The van der Waals surface area contributed by atoms with E-state index in [1.54, 1.807) is 0 Å². The SMILES string of the molecule is COC(=O)C=C(CC(=O)OC)OC. The van der Waals surface area contributed by atoms with E-state index in [1.165, 1.54) is 21.3 Å². The number of ether oxygens (including phenoxy) is 3. The van der Waals surface area contributed by atoms with E-state index in [4.69, 9.17) is 4.74 Å². The third-order valence-corrected chi connectivity index (χ3v) is 1.29. The van der Waals surface area contributed by atoms with E-state index in [0.717, 1.165) is 6.08 Å². The van der Waals surface area contributed by atoms with Crippen LogP contribution in [-0.4, -0.2) is 33.3 Å². The molecule has 5 nitrogen and oxygen atoms in total. The van der Waals surface area contributed by atoms with Crippen molar-refractivity contribution in [1.82, 2.24) is 0 Å². The van der Waals surface area contributed by atoms with Gasteiger partial charge in [0.15, 0.2) is 0 Å². The summed E-state index contributed by atoms with van der Waals surface area (Å²) in [6, 6.07) is 0. The maximum Gasteiger partial charge on any atom is 0.333 e. The van der Waals surface area contributed by atoms with Gasteiger partial charge in [0.2, 0.25) is 0 Å². The van der Waals surface area contributed by atoms with E-state index in [2.05, 4.69) is 9.47 Å². The van der Waals surface area contributed by atoms with Gasteiger partial charge in [-0.3, -0.25) is 4.79 Å². The second-order valence-corrected chi connectivity index (χ2v) is 2.09. The van der Waals surface area contributed by atoms with Gasteiger partial charge in [0.1, 0.15) is 12.2 Å². The van der Waals surface area contributed by atoms with Crippen LogP contribution in [0.25, 0.3) is 0 Å². The second kappa shape index (κ2) is 6.05. The topological polar surface area (TPSA) is 61.8 Å². The Labute approximate surface area is 76.3 Å². The highest BCUT2D eigenvalue weighted by Gasteiger charge is 2.08. The summed E-state index contributed by atoms with van der Waals surface area (Å²) in [4.78, 5) is 21.5. The van der Waals surface area contributed by atoms with E-state index < -0.39 is 11.9 Å². The molecule has 0 radical (unpaired) electrons. The lowest BCUT2D eigenvalue weighted by Gasteiger charge is -2.03. The molecule has 0 saturated carbocycles. The second-order valence-electron chi connectivity index (χ2n) is 2.09. The summed E-state index contributed by atoms with van der Waals surface area (Å²) in [6.45, 7) is 0. The first-order valence-corrected chi connectivity index (χ1v) is 3.53. The predicted molar refractivity (Wildman–Crippen MR) is 43.7 cm³/mol. The minimum Gasteiger partial charge on any atom is -0.500 e. The Bertz CT molecular complexity index is 219. The monoisotopic (exact) mass is 188 g/mol. The van der Waals surface area contributed by atoms with Crippen LogP contribution in [0.3, 0.4) is 0 Å². The predicted octanol–water partition coefficient (Wildman–Crippen LogP) is 0.253. The Morgan fingerprint density at radius 1 is 1.08 bits per heavy atom. The van der Waals surface area contributed by atoms with Crippen LogP contribution in [0.4, 0.5) is 0 Å². The fraction of sp³-hybridized carbons (Fsp3) is 0.500. The van der Waals surface area contributed by atoms with Gasteiger partial charge in [-0.1, -0.05) is 0 Å². The molecule has 0 rings (SSSR count). The van der Waals surface area contributed by atoms with Crippen LogP contribution >= 0.6 is 0 Å². The lowest BCUT2D eigenvalue weighted by molar-refractivity contribution is -0.140. The van der Waals surface area contributed by atoms with Crippen molar-refractivity contribution in [2.75, 3.05) is 21.3 Å². The van der Waals surface area contributed by atoms with Crippen molar-refractivity contribution in [3.05, 3.63) is 11.8 Å². The molecule has 0 aliphatic carbocycles. The number of hydrogen-bond acceptors (Lipinski definition) is 5. The Morgan fingerprint density at radius 2 is 1.69 bits per heavy atom. The molecule has 0 atom stereocenters. The third-order valence-electron chi connectivity index (χ3n) is 1.29. The summed E-state index contributed by atoms with van der Waals surface area (Å²) in [7, 11) is 3.86. The third kappa shape index (κ3) is 4.84. The fourth-order valence-electron chi connectivity index (χ4n) is 0.587. The molecule has 5 heteroatoms. The molecule has 0 saturated heterocycles. The Kier molecular flexibility index (Phi) is 5.34. The maximum absolute atomic E-state index is 10.8. The lowest BCUT2D eigenvalue weighted by Crippen LogP contribution is -2.05.